The maximum atomic E-state index is 12.2. The van der Waals surface area contributed by atoms with E-state index in [-0.39, 0.29) is 11.3 Å². The van der Waals surface area contributed by atoms with Crippen LogP contribution in [-0.4, -0.2) is 26.6 Å². The minimum atomic E-state index is -4.98. The van der Waals surface area contributed by atoms with Crippen molar-refractivity contribution in [3.63, 3.8) is 0 Å². The van der Waals surface area contributed by atoms with Crippen LogP contribution in [0.4, 0.5) is 13.2 Å². The van der Waals surface area contributed by atoms with Gasteiger partial charge in [-0.05, 0) is 12.1 Å². The van der Waals surface area contributed by atoms with Gasteiger partial charge in [-0.2, -0.15) is 5.26 Å². The normalized spacial score (nSPS) is 10.5. The molecule has 0 radical (unpaired) electrons. The van der Waals surface area contributed by atoms with E-state index in [9.17, 15) is 18.0 Å². The van der Waals surface area contributed by atoms with Crippen LogP contribution in [0.15, 0.2) is 12.1 Å². The molecule has 1 aromatic carbocycles. The van der Waals surface area contributed by atoms with Crippen molar-refractivity contribution in [1.29, 1.82) is 5.26 Å². The summed E-state index contributed by atoms with van der Waals surface area (Å²) in [4.78, 5) is 11.5. The second-order valence-corrected chi connectivity index (χ2v) is 3.17. The van der Waals surface area contributed by atoms with Crippen LogP contribution in [0.5, 0.6) is 11.5 Å². The second-order valence-electron chi connectivity index (χ2n) is 3.17. The van der Waals surface area contributed by atoms with E-state index in [4.69, 9.17) is 10.00 Å². The molecule has 1 aromatic rings. The molecule has 0 aliphatic rings. The third-order valence-corrected chi connectivity index (χ3v) is 2.06. The van der Waals surface area contributed by atoms with Crippen molar-refractivity contribution < 1.29 is 32.2 Å². The van der Waals surface area contributed by atoms with Crippen molar-refractivity contribution in [2.75, 3.05) is 14.2 Å². The zero-order valence-electron chi connectivity index (χ0n) is 9.87. The lowest BCUT2D eigenvalue weighted by Crippen LogP contribution is -2.20. The fourth-order valence-electron chi connectivity index (χ4n) is 1.37. The predicted molar refractivity (Wildman–Crippen MR) is 55.7 cm³/mol. The number of methoxy groups -OCH3 is 2. The van der Waals surface area contributed by atoms with Crippen LogP contribution in [0.3, 0.4) is 0 Å². The molecule has 5 nitrogen and oxygen atoms in total. The maximum absolute atomic E-state index is 12.2. The Morgan fingerprint density at radius 2 is 1.95 bits per heavy atom. The van der Waals surface area contributed by atoms with E-state index in [0.29, 0.717) is 0 Å². The molecule has 0 aromatic heterocycles. The number of ether oxygens (including phenoxy) is 3. The SMILES string of the molecule is COC(=O)c1c(OC(F)(F)F)ccc(C#N)c1OC. The van der Waals surface area contributed by atoms with Gasteiger partial charge in [0.15, 0.2) is 5.75 Å². The average molecular weight is 275 g/mol. The summed E-state index contributed by atoms with van der Waals surface area (Å²) in [6.07, 6.45) is -4.98. The number of hydrogen-bond donors (Lipinski definition) is 0. The van der Waals surface area contributed by atoms with Gasteiger partial charge in [0.1, 0.15) is 17.4 Å². The van der Waals surface area contributed by atoms with E-state index in [1.165, 1.54) is 0 Å². The summed E-state index contributed by atoms with van der Waals surface area (Å²) in [6, 6.07) is 3.58. The Morgan fingerprint density at radius 3 is 2.37 bits per heavy atom. The lowest BCUT2D eigenvalue weighted by molar-refractivity contribution is -0.274. The maximum Gasteiger partial charge on any atom is 0.573 e. The van der Waals surface area contributed by atoms with Gasteiger partial charge in [0.05, 0.1) is 19.8 Å². The zero-order valence-corrected chi connectivity index (χ0v) is 9.87. The van der Waals surface area contributed by atoms with Crippen molar-refractivity contribution in [3.8, 4) is 17.6 Å². The van der Waals surface area contributed by atoms with Crippen LogP contribution in [0.2, 0.25) is 0 Å². The highest BCUT2D eigenvalue weighted by Crippen LogP contribution is 2.35. The fourth-order valence-corrected chi connectivity index (χ4v) is 1.37. The van der Waals surface area contributed by atoms with Gasteiger partial charge in [-0.1, -0.05) is 0 Å². The summed E-state index contributed by atoms with van der Waals surface area (Å²) < 4.78 is 49.5. The molecule has 1 rings (SSSR count). The first-order valence-electron chi connectivity index (χ1n) is 4.79. The highest BCUT2D eigenvalue weighted by Gasteiger charge is 2.35. The molecule has 0 amide bonds. The Bertz CT molecular complexity index is 534. The summed E-state index contributed by atoms with van der Waals surface area (Å²) in [5.74, 6) is -2.24. The number of carbonyl (C=O) groups excluding carboxylic acids is 1. The molecule has 19 heavy (non-hydrogen) atoms. The number of halogens is 3. The van der Waals surface area contributed by atoms with E-state index in [0.717, 1.165) is 26.4 Å². The smallest absolute Gasteiger partial charge is 0.494 e. The summed E-state index contributed by atoms with van der Waals surface area (Å²) in [5, 5.41) is 8.81. The first-order valence-corrected chi connectivity index (χ1v) is 4.79. The Morgan fingerprint density at radius 1 is 1.32 bits per heavy atom. The summed E-state index contributed by atoms with van der Waals surface area (Å²) in [5.41, 5.74) is -0.709. The Labute approximate surface area is 106 Å². The number of nitrogens with zero attached hydrogens (tertiary/aromatic N) is 1. The van der Waals surface area contributed by atoms with Crippen LogP contribution in [0, 0.1) is 11.3 Å². The Balaban J connectivity index is 3.48. The standard InChI is InChI=1S/C11H8F3NO4/c1-17-9-6(5-15)3-4-7(19-11(12,13)14)8(9)10(16)18-2/h3-4H,1-2H3. The van der Waals surface area contributed by atoms with Crippen LogP contribution < -0.4 is 9.47 Å². The summed E-state index contributed by atoms with van der Waals surface area (Å²) in [6.45, 7) is 0. The molecule has 0 saturated heterocycles. The van der Waals surface area contributed by atoms with E-state index in [2.05, 4.69) is 9.47 Å². The van der Waals surface area contributed by atoms with E-state index in [1.54, 1.807) is 6.07 Å². The number of alkyl halides is 3. The largest absolute Gasteiger partial charge is 0.573 e. The predicted octanol–water partition coefficient (Wildman–Crippen LogP) is 2.25. The van der Waals surface area contributed by atoms with Gasteiger partial charge in [-0.15, -0.1) is 13.2 Å². The van der Waals surface area contributed by atoms with Crippen molar-refractivity contribution in [3.05, 3.63) is 23.3 Å². The quantitative estimate of drug-likeness (QED) is 0.791. The molecule has 0 unspecified atom stereocenters. The molecule has 0 aliphatic carbocycles. The number of benzene rings is 1. The van der Waals surface area contributed by atoms with Gasteiger partial charge < -0.3 is 14.2 Å². The molecular formula is C11H8F3NO4. The first-order chi connectivity index (χ1) is 8.84. The minimum absolute atomic E-state index is 0.113. The Hall–Kier alpha value is -2.43. The highest BCUT2D eigenvalue weighted by molar-refractivity contribution is 5.96. The fraction of sp³-hybridized carbons (Fsp3) is 0.273. The van der Waals surface area contributed by atoms with Crippen LogP contribution in [0.25, 0.3) is 0 Å². The molecule has 0 N–H and O–H groups in total. The molecule has 0 bridgehead atoms. The number of nitriles is 1. The number of rotatable bonds is 3. The molecule has 8 heteroatoms. The van der Waals surface area contributed by atoms with Gasteiger partial charge >= 0.3 is 12.3 Å². The first kappa shape index (κ1) is 14.6. The monoisotopic (exact) mass is 275 g/mol. The Kier molecular flexibility index (Phi) is 4.22. The molecule has 0 fully saturated rings. The van der Waals surface area contributed by atoms with Crippen molar-refractivity contribution in [2.45, 2.75) is 6.36 Å². The molecule has 0 spiro atoms. The van der Waals surface area contributed by atoms with Crippen LogP contribution in [0.1, 0.15) is 15.9 Å². The second kappa shape index (κ2) is 5.48. The van der Waals surface area contributed by atoms with Crippen molar-refractivity contribution in [2.24, 2.45) is 0 Å². The van der Waals surface area contributed by atoms with E-state index in [1.807, 2.05) is 0 Å². The minimum Gasteiger partial charge on any atom is -0.494 e. The van der Waals surface area contributed by atoms with Crippen molar-refractivity contribution in [1.82, 2.24) is 0 Å². The van der Waals surface area contributed by atoms with E-state index >= 15 is 0 Å². The van der Waals surface area contributed by atoms with Gasteiger partial charge in [0.25, 0.3) is 0 Å². The lowest BCUT2D eigenvalue weighted by Gasteiger charge is -2.15. The van der Waals surface area contributed by atoms with Crippen molar-refractivity contribution >= 4 is 5.97 Å². The number of esters is 1. The van der Waals surface area contributed by atoms with Gasteiger partial charge in [0, 0.05) is 0 Å². The summed E-state index contributed by atoms with van der Waals surface area (Å²) in [7, 11) is 2.10. The number of carbonyl (C=O) groups is 1. The van der Waals surface area contributed by atoms with Crippen LogP contribution >= 0.6 is 0 Å². The van der Waals surface area contributed by atoms with Crippen LogP contribution in [-0.2, 0) is 4.74 Å². The third-order valence-electron chi connectivity index (χ3n) is 2.06. The number of hydrogen-bond acceptors (Lipinski definition) is 5. The molecule has 0 atom stereocenters. The highest BCUT2D eigenvalue weighted by atomic mass is 19.4. The lowest BCUT2D eigenvalue weighted by atomic mass is 10.1. The van der Waals surface area contributed by atoms with E-state index < -0.39 is 23.6 Å². The molecule has 0 saturated carbocycles. The molecule has 0 aliphatic heterocycles. The van der Waals surface area contributed by atoms with Gasteiger partial charge in [-0.25, -0.2) is 4.79 Å². The third kappa shape index (κ3) is 3.28. The molecule has 0 heterocycles. The summed E-state index contributed by atoms with van der Waals surface area (Å²) >= 11 is 0. The molecule has 102 valence electrons. The van der Waals surface area contributed by atoms with Gasteiger partial charge in [-0.3, -0.25) is 0 Å². The zero-order chi connectivity index (χ0) is 14.6. The van der Waals surface area contributed by atoms with Gasteiger partial charge in [0.2, 0.25) is 0 Å². The topological polar surface area (TPSA) is 68.5 Å². The average Bonchev–Trinajstić information content (AvgIpc) is 2.35. The molecular weight excluding hydrogens is 267 g/mol.